The molecule has 4 N–H and O–H groups in total. The summed E-state index contributed by atoms with van der Waals surface area (Å²) < 4.78 is 1.68. The van der Waals surface area contributed by atoms with E-state index in [0.29, 0.717) is 21.3 Å². The van der Waals surface area contributed by atoms with E-state index in [-0.39, 0.29) is 5.96 Å². The Morgan fingerprint density at radius 2 is 1.95 bits per heavy atom. The highest BCUT2D eigenvalue weighted by Crippen LogP contribution is 2.33. The van der Waals surface area contributed by atoms with Gasteiger partial charge < -0.3 is 16.0 Å². The molecule has 1 aromatic carbocycles. The van der Waals surface area contributed by atoms with Crippen molar-refractivity contribution >= 4 is 46.0 Å². The monoisotopic (exact) mass is 298 g/mol. The SMILES string of the molecule is Cc1c(C(=O)N=C(N)N)n(C)c2cc(Cl)cc(Cl)c12. The largest absolute Gasteiger partial charge is 0.370 e. The van der Waals surface area contributed by atoms with E-state index in [2.05, 4.69) is 4.99 Å². The van der Waals surface area contributed by atoms with Crippen molar-refractivity contribution in [1.82, 2.24) is 4.57 Å². The number of carbonyl (C=O) groups excluding carboxylic acids is 1. The maximum absolute atomic E-state index is 12.0. The summed E-state index contributed by atoms with van der Waals surface area (Å²) in [5, 5.41) is 1.75. The lowest BCUT2D eigenvalue weighted by molar-refractivity contribution is 0.0995. The van der Waals surface area contributed by atoms with Crippen LogP contribution in [0.1, 0.15) is 16.1 Å². The van der Waals surface area contributed by atoms with E-state index in [9.17, 15) is 4.79 Å². The third-order valence-corrected chi connectivity index (χ3v) is 3.41. The van der Waals surface area contributed by atoms with Gasteiger partial charge in [-0.05, 0) is 24.6 Å². The molecule has 0 aliphatic rings. The number of aryl methyl sites for hydroxylation is 2. The van der Waals surface area contributed by atoms with Gasteiger partial charge in [-0.15, -0.1) is 0 Å². The first-order valence-electron chi connectivity index (χ1n) is 5.41. The highest BCUT2D eigenvalue weighted by molar-refractivity contribution is 6.39. The maximum Gasteiger partial charge on any atom is 0.297 e. The molecule has 0 atom stereocenters. The van der Waals surface area contributed by atoms with Crippen LogP contribution in [0.3, 0.4) is 0 Å². The number of nitrogens with two attached hydrogens (primary N) is 2. The summed E-state index contributed by atoms with van der Waals surface area (Å²) in [6, 6.07) is 3.37. The van der Waals surface area contributed by atoms with Crippen molar-refractivity contribution < 1.29 is 4.79 Å². The Labute approximate surface area is 119 Å². The number of guanidine groups is 1. The number of aromatic nitrogens is 1. The van der Waals surface area contributed by atoms with Crippen LogP contribution in [0.15, 0.2) is 17.1 Å². The fourth-order valence-corrected chi connectivity index (χ4v) is 2.78. The molecule has 7 heteroatoms. The second kappa shape index (κ2) is 4.75. The summed E-state index contributed by atoms with van der Waals surface area (Å²) >= 11 is 12.1. The number of hydrogen-bond donors (Lipinski definition) is 2. The van der Waals surface area contributed by atoms with E-state index in [4.69, 9.17) is 34.7 Å². The summed E-state index contributed by atoms with van der Waals surface area (Å²) in [4.78, 5) is 15.6. The van der Waals surface area contributed by atoms with Crippen LogP contribution < -0.4 is 11.5 Å². The second-order valence-electron chi connectivity index (χ2n) is 4.16. The van der Waals surface area contributed by atoms with Gasteiger partial charge in [-0.1, -0.05) is 23.2 Å². The van der Waals surface area contributed by atoms with Crippen molar-refractivity contribution in [3.63, 3.8) is 0 Å². The van der Waals surface area contributed by atoms with Gasteiger partial charge in [-0.25, -0.2) is 0 Å². The third kappa shape index (κ3) is 2.27. The molecular weight excluding hydrogens is 287 g/mol. The number of benzene rings is 1. The molecule has 2 rings (SSSR count). The lowest BCUT2D eigenvalue weighted by atomic mass is 10.1. The molecule has 0 radical (unpaired) electrons. The van der Waals surface area contributed by atoms with E-state index in [0.717, 1.165) is 10.9 Å². The number of carbonyl (C=O) groups is 1. The van der Waals surface area contributed by atoms with Gasteiger partial charge in [0.25, 0.3) is 5.91 Å². The first-order valence-corrected chi connectivity index (χ1v) is 6.16. The van der Waals surface area contributed by atoms with Gasteiger partial charge in [0.1, 0.15) is 5.69 Å². The van der Waals surface area contributed by atoms with Gasteiger partial charge in [-0.2, -0.15) is 4.99 Å². The van der Waals surface area contributed by atoms with Crippen LogP contribution in [-0.2, 0) is 7.05 Å². The quantitative estimate of drug-likeness (QED) is 0.625. The Morgan fingerprint density at radius 1 is 1.32 bits per heavy atom. The summed E-state index contributed by atoms with van der Waals surface area (Å²) in [6.07, 6.45) is 0. The highest BCUT2D eigenvalue weighted by atomic mass is 35.5. The molecule has 0 unspecified atom stereocenters. The van der Waals surface area contributed by atoms with Crippen molar-refractivity contribution in [2.45, 2.75) is 6.92 Å². The van der Waals surface area contributed by atoms with Crippen molar-refractivity contribution in [3.05, 3.63) is 33.4 Å². The predicted molar refractivity (Wildman–Crippen MR) is 77.8 cm³/mol. The smallest absolute Gasteiger partial charge is 0.297 e. The molecule has 1 heterocycles. The Morgan fingerprint density at radius 3 is 2.53 bits per heavy atom. The summed E-state index contributed by atoms with van der Waals surface area (Å²) in [5.74, 6) is -0.790. The highest BCUT2D eigenvalue weighted by Gasteiger charge is 2.20. The lowest BCUT2D eigenvalue weighted by Crippen LogP contribution is -2.24. The number of amides is 1. The minimum Gasteiger partial charge on any atom is -0.370 e. The molecule has 0 aliphatic carbocycles. The first kappa shape index (κ1) is 13.7. The first-order chi connectivity index (χ1) is 8.82. The van der Waals surface area contributed by atoms with Gasteiger partial charge in [0.15, 0.2) is 5.96 Å². The van der Waals surface area contributed by atoms with Crippen LogP contribution in [0, 0.1) is 6.92 Å². The Hall–Kier alpha value is -1.72. The van der Waals surface area contributed by atoms with E-state index >= 15 is 0 Å². The van der Waals surface area contributed by atoms with Crippen molar-refractivity contribution in [1.29, 1.82) is 0 Å². The molecule has 1 amide bonds. The third-order valence-electron chi connectivity index (χ3n) is 2.89. The lowest BCUT2D eigenvalue weighted by Gasteiger charge is -2.01. The fraction of sp³-hybridized carbons (Fsp3) is 0.167. The zero-order valence-corrected chi connectivity index (χ0v) is 11.9. The molecule has 1 aromatic heterocycles. The van der Waals surface area contributed by atoms with Crippen molar-refractivity contribution in [2.75, 3.05) is 0 Å². The number of aliphatic imine (C=N–C) groups is 1. The average Bonchev–Trinajstić information content (AvgIpc) is 2.50. The van der Waals surface area contributed by atoms with Crippen LogP contribution in [0.4, 0.5) is 0 Å². The van der Waals surface area contributed by atoms with E-state index in [1.54, 1.807) is 30.7 Å². The molecule has 0 fully saturated rings. The normalized spacial score (nSPS) is 10.7. The van der Waals surface area contributed by atoms with Gasteiger partial charge >= 0.3 is 0 Å². The van der Waals surface area contributed by atoms with Crippen LogP contribution in [0.5, 0.6) is 0 Å². The van der Waals surface area contributed by atoms with E-state index < -0.39 is 5.91 Å². The molecule has 0 bridgehead atoms. The number of nitrogens with zero attached hydrogens (tertiary/aromatic N) is 2. The molecule has 0 aliphatic heterocycles. The molecular formula is C12H12Cl2N4O. The van der Waals surface area contributed by atoms with Gasteiger partial charge in [-0.3, -0.25) is 4.79 Å². The van der Waals surface area contributed by atoms with Crippen LogP contribution in [-0.4, -0.2) is 16.4 Å². The number of halogens is 2. The Balaban J connectivity index is 2.81. The maximum atomic E-state index is 12.0. The zero-order chi connectivity index (χ0) is 14.3. The van der Waals surface area contributed by atoms with E-state index in [1.807, 2.05) is 0 Å². The van der Waals surface area contributed by atoms with E-state index in [1.165, 1.54) is 0 Å². The summed E-state index contributed by atoms with van der Waals surface area (Å²) in [6.45, 7) is 1.79. The predicted octanol–water partition coefficient (Wildman–Crippen LogP) is 2.21. The molecule has 5 nitrogen and oxygen atoms in total. The summed E-state index contributed by atoms with van der Waals surface area (Å²) in [5.41, 5.74) is 12.3. The van der Waals surface area contributed by atoms with Crippen molar-refractivity contribution in [2.24, 2.45) is 23.5 Å². The zero-order valence-electron chi connectivity index (χ0n) is 10.4. The number of fused-ring (bicyclic) bond motifs is 1. The molecule has 0 spiro atoms. The van der Waals surface area contributed by atoms with Gasteiger partial charge in [0.05, 0.1) is 10.5 Å². The standard InChI is InChI=1S/C12H12Cl2N4O/c1-5-9-7(14)3-6(13)4-8(9)18(2)10(5)11(19)17-12(15)16/h3-4H,1-2H3,(H4,15,16,17,19). The Bertz CT molecular complexity index is 714. The average molecular weight is 299 g/mol. The van der Waals surface area contributed by atoms with Crippen LogP contribution in [0.25, 0.3) is 10.9 Å². The molecule has 2 aromatic rings. The number of hydrogen-bond acceptors (Lipinski definition) is 1. The molecule has 19 heavy (non-hydrogen) atoms. The second-order valence-corrected chi connectivity index (χ2v) is 5.00. The Kier molecular flexibility index (Phi) is 3.43. The molecule has 100 valence electrons. The minimum atomic E-state index is -0.511. The van der Waals surface area contributed by atoms with Gasteiger partial charge in [0.2, 0.25) is 0 Å². The summed E-state index contributed by atoms with van der Waals surface area (Å²) in [7, 11) is 1.73. The fourth-order valence-electron chi connectivity index (χ4n) is 2.16. The molecule has 0 saturated carbocycles. The van der Waals surface area contributed by atoms with Crippen LogP contribution >= 0.6 is 23.2 Å². The molecule has 0 saturated heterocycles. The van der Waals surface area contributed by atoms with Gasteiger partial charge in [0, 0.05) is 17.5 Å². The number of rotatable bonds is 1. The topological polar surface area (TPSA) is 86.4 Å². The minimum absolute atomic E-state index is 0.279. The van der Waals surface area contributed by atoms with Crippen molar-refractivity contribution in [3.8, 4) is 0 Å². The van der Waals surface area contributed by atoms with Crippen LogP contribution in [0.2, 0.25) is 10.0 Å².